The van der Waals surface area contributed by atoms with Gasteiger partial charge < -0.3 is 15.4 Å². The van der Waals surface area contributed by atoms with Crippen LogP contribution in [0.4, 0.5) is 11.6 Å². The van der Waals surface area contributed by atoms with Crippen LogP contribution in [0, 0.1) is 6.92 Å². The molecule has 0 aliphatic heterocycles. The fourth-order valence-electron chi connectivity index (χ4n) is 1.99. The lowest BCUT2D eigenvalue weighted by Gasteiger charge is -2.14. The molecule has 5 nitrogen and oxygen atoms in total. The summed E-state index contributed by atoms with van der Waals surface area (Å²) >= 11 is 0. The van der Waals surface area contributed by atoms with Crippen LogP contribution in [-0.2, 0) is 11.2 Å². The van der Waals surface area contributed by atoms with E-state index in [9.17, 15) is 0 Å². The first-order valence-electron chi connectivity index (χ1n) is 7.57. The van der Waals surface area contributed by atoms with Gasteiger partial charge in [-0.15, -0.1) is 0 Å². The normalized spacial score (nSPS) is 10.6. The number of nitrogens with zero attached hydrogens (tertiary/aromatic N) is 2. The van der Waals surface area contributed by atoms with Crippen molar-refractivity contribution in [3.05, 3.63) is 11.4 Å². The van der Waals surface area contributed by atoms with Crippen LogP contribution in [0.5, 0.6) is 0 Å². The molecule has 0 bridgehead atoms. The Balaban J connectivity index is 2.71. The van der Waals surface area contributed by atoms with E-state index in [0.717, 1.165) is 68.4 Å². The number of hydrogen-bond donors (Lipinski definition) is 2. The molecule has 0 atom stereocenters. The standard InChI is InChI=1S/C15H28N4O/c1-5-9-13-18-14(16-6-2)12(3)15(19-13)17-10-7-8-11-20-4/h5-11H2,1-4H3,(H2,16,17,18,19). The van der Waals surface area contributed by atoms with E-state index in [1.807, 2.05) is 0 Å². The maximum atomic E-state index is 5.06. The van der Waals surface area contributed by atoms with Crippen LogP contribution in [0.1, 0.15) is 44.5 Å². The number of aryl methyl sites for hydroxylation is 1. The number of nitrogens with one attached hydrogen (secondary N) is 2. The highest BCUT2D eigenvalue weighted by atomic mass is 16.5. The first-order valence-corrected chi connectivity index (χ1v) is 7.57. The molecule has 0 radical (unpaired) electrons. The van der Waals surface area contributed by atoms with E-state index in [1.54, 1.807) is 7.11 Å². The van der Waals surface area contributed by atoms with E-state index in [2.05, 4.69) is 41.4 Å². The number of anilines is 2. The Hall–Kier alpha value is -1.36. The molecule has 1 heterocycles. The minimum absolute atomic E-state index is 0.814. The van der Waals surface area contributed by atoms with Crippen molar-refractivity contribution in [2.24, 2.45) is 0 Å². The lowest BCUT2D eigenvalue weighted by molar-refractivity contribution is 0.194. The zero-order valence-corrected chi connectivity index (χ0v) is 13.3. The molecule has 0 spiro atoms. The quantitative estimate of drug-likeness (QED) is 0.645. The van der Waals surface area contributed by atoms with Crippen LogP contribution in [-0.4, -0.2) is 36.8 Å². The van der Waals surface area contributed by atoms with E-state index >= 15 is 0 Å². The van der Waals surface area contributed by atoms with Crippen molar-refractivity contribution in [2.75, 3.05) is 37.4 Å². The minimum Gasteiger partial charge on any atom is -0.385 e. The summed E-state index contributed by atoms with van der Waals surface area (Å²) < 4.78 is 5.06. The average Bonchev–Trinajstić information content (AvgIpc) is 2.43. The van der Waals surface area contributed by atoms with Gasteiger partial charge in [0.2, 0.25) is 0 Å². The molecular formula is C15H28N4O. The monoisotopic (exact) mass is 280 g/mol. The molecule has 2 N–H and O–H groups in total. The van der Waals surface area contributed by atoms with Gasteiger partial charge in [0.1, 0.15) is 17.5 Å². The Labute approximate surface area is 122 Å². The van der Waals surface area contributed by atoms with Crippen molar-refractivity contribution >= 4 is 11.6 Å². The van der Waals surface area contributed by atoms with Gasteiger partial charge in [0.25, 0.3) is 0 Å². The molecule has 0 fully saturated rings. The molecule has 0 unspecified atom stereocenters. The highest BCUT2D eigenvalue weighted by Gasteiger charge is 2.09. The predicted octanol–water partition coefficient (Wildman–Crippen LogP) is 3.01. The minimum atomic E-state index is 0.814. The first kappa shape index (κ1) is 16.7. The number of rotatable bonds is 10. The fraction of sp³-hybridized carbons (Fsp3) is 0.733. The second kappa shape index (κ2) is 9.53. The van der Waals surface area contributed by atoms with Gasteiger partial charge in [-0.2, -0.15) is 0 Å². The molecule has 0 aliphatic rings. The lowest BCUT2D eigenvalue weighted by atomic mass is 10.2. The SMILES string of the molecule is CCCc1nc(NCC)c(C)c(NCCCCOC)n1. The van der Waals surface area contributed by atoms with Crippen molar-refractivity contribution in [1.82, 2.24) is 9.97 Å². The number of methoxy groups -OCH3 is 1. The van der Waals surface area contributed by atoms with Gasteiger partial charge in [0.05, 0.1) is 0 Å². The summed E-state index contributed by atoms with van der Waals surface area (Å²) in [7, 11) is 1.74. The number of aromatic nitrogens is 2. The summed E-state index contributed by atoms with van der Waals surface area (Å²) in [5, 5.41) is 6.74. The second-order valence-corrected chi connectivity index (χ2v) is 4.87. The molecule has 0 aromatic carbocycles. The molecule has 1 aromatic heterocycles. The predicted molar refractivity (Wildman–Crippen MR) is 84.5 cm³/mol. The Bertz CT molecular complexity index is 396. The number of hydrogen-bond acceptors (Lipinski definition) is 5. The summed E-state index contributed by atoms with van der Waals surface area (Å²) in [5.74, 6) is 2.82. The highest BCUT2D eigenvalue weighted by molar-refractivity contribution is 5.57. The number of ether oxygens (including phenoxy) is 1. The summed E-state index contributed by atoms with van der Waals surface area (Å²) in [4.78, 5) is 9.22. The molecular weight excluding hydrogens is 252 g/mol. The van der Waals surface area contributed by atoms with Crippen LogP contribution < -0.4 is 10.6 Å². The average molecular weight is 280 g/mol. The first-order chi connectivity index (χ1) is 9.72. The molecule has 0 saturated carbocycles. The summed E-state index contributed by atoms with van der Waals surface area (Å²) in [5.41, 5.74) is 1.10. The van der Waals surface area contributed by atoms with Crippen LogP contribution in [0.15, 0.2) is 0 Å². The smallest absolute Gasteiger partial charge is 0.134 e. The van der Waals surface area contributed by atoms with E-state index in [0.29, 0.717) is 0 Å². The zero-order valence-electron chi connectivity index (χ0n) is 13.3. The molecule has 0 saturated heterocycles. The highest BCUT2D eigenvalue weighted by Crippen LogP contribution is 2.20. The lowest BCUT2D eigenvalue weighted by Crippen LogP contribution is -2.12. The summed E-state index contributed by atoms with van der Waals surface area (Å²) in [6.45, 7) is 8.89. The van der Waals surface area contributed by atoms with Gasteiger partial charge in [-0.25, -0.2) is 9.97 Å². The topological polar surface area (TPSA) is 59.1 Å². The van der Waals surface area contributed by atoms with Gasteiger partial charge in [0, 0.05) is 38.8 Å². The van der Waals surface area contributed by atoms with E-state index < -0.39 is 0 Å². The van der Waals surface area contributed by atoms with Gasteiger partial charge in [-0.1, -0.05) is 6.92 Å². The second-order valence-electron chi connectivity index (χ2n) is 4.87. The van der Waals surface area contributed by atoms with Crippen LogP contribution in [0.25, 0.3) is 0 Å². The largest absolute Gasteiger partial charge is 0.385 e. The van der Waals surface area contributed by atoms with Crippen LogP contribution >= 0.6 is 0 Å². The van der Waals surface area contributed by atoms with E-state index in [-0.39, 0.29) is 0 Å². The van der Waals surface area contributed by atoms with Gasteiger partial charge in [0.15, 0.2) is 0 Å². The maximum absolute atomic E-state index is 5.06. The molecule has 1 aromatic rings. The summed E-state index contributed by atoms with van der Waals surface area (Å²) in [6, 6.07) is 0. The van der Waals surface area contributed by atoms with Gasteiger partial charge in [-0.3, -0.25) is 0 Å². The molecule has 0 aliphatic carbocycles. The van der Waals surface area contributed by atoms with Gasteiger partial charge in [-0.05, 0) is 33.1 Å². The van der Waals surface area contributed by atoms with Crippen molar-refractivity contribution in [3.63, 3.8) is 0 Å². The third kappa shape index (κ3) is 5.33. The van der Waals surface area contributed by atoms with Crippen molar-refractivity contribution in [3.8, 4) is 0 Å². The Morgan fingerprint density at radius 2 is 1.75 bits per heavy atom. The number of unbranched alkanes of at least 4 members (excludes halogenated alkanes) is 1. The molecule has 114 valence electrons. The third-order valence-corrected chi connectivity index (χ3v) is 3.08. The van der Waals surface area contributed by atoms with Crippen molar-refractivity contribution in [2.45, 2.75) is 46.5 Å². The van der Waals surface area contributed by atoms with Crippen LogP contribution in [0.2, 0.25) is 0 Å². The van der Waals surface area contributed by atoms with Gasteiger partial charge >= 0.3 is 0 Å². The Morgan fingerprint density at radius 3 is 2.35 bits per heavy atom. The Morgan fingerprint density at radius 1 is 1.05 bits per heavy atom. The molecule has 0 amide bonds. The third-order valence-electron chi connectivity index (χ3n) is 3.08. The van der Waals surface area contributed by atoms with E-state index in [4.69, 9.17) is 4.74 Å². The molecule has 1 rings (SSSR count). The fourth-order valence-corrected chi connectivity index (χ4v) is 1.99. The Kier molecular flexibility index (Phi) is 7.95. The zero-order chi connectivity index (χ0) is 14.8. The van der Waals surface area contributed by atoms with Crippen molar-refractivity contribution < 1.29 is 4.74 Å². The molecule has 20 heavy (non-hydrogen) atoms. The van der Waals surface area contributed by atoms with Crippen LogP contribution in [0.3, 0.4) is 0 Å². The molecule has 5 heteroatoms. The summed E-state index contributed by atoms with van der Waals surface area (Å²) in [6.07, 6.45) is 4.12. The van der Waals surface area contributed by atoms with E-state index in [1.165, 1.54) is 0 Å². The maximum Gasteiger partial charge on any atom is 0.134 e. The van der Waals surface area contributed by atoms with Crippen molar-refractivity contribution in [1.29, 1.82) is 0 Å².